The van der Waals surface area contributed by atoms with Gasteiger partial charge in [0.05, 0.1) is 9.79 Å². The van der Waals surface area contributed by atoms with E-state index < -0.39 is 20.0 Å². The highest BCUT2D eigenvalue weighted by Crippen LogP contribution is 2.28. The van der Waals surface area contributed by atoms with Crippen LogP contribution in [-0.4, -0.2) is 50.1 Å². The van der Waals surface area contributed by atoms with Crippen molar-refractivity contribution in [2.24, 2.45) is 5.92 Å². The number of sulfonamides is 2. The van der Waals surface area contributed by atoms with Crippen molar-refractivity contribution < 1.29 is 21.6 Å². The summed E-state index contributed by atoms with van der Waals surface area (Å²) in [4.78, 5) is 20.8. The van der Waals surface area contributed by atoms with Crippen LogP contribution >= 0.6 is 0 Å². The summed E-state index contributed by atoms with van der Waals surface area (Å²) < 4.78 is 55.0. The summed E-state index contributed by atoms with van der Waals surface area (Å²) in [5.74, 6) is -0.631. The van der Waals surface area contributed by atoms with Gasteiger partial charge in [-0.25, -0.2) is 31.5 Å². The number of carbonyl (C=O) groups excluding carboxylic acids is 1. The van der Waals surface area contributed by atoms with Crippen LogP contribution in [-0.2, 0) is 30.3 Å². The Morgan fingerprint density at radius 2 is 1.42 bits per heavy atom. The fourth-order valence-electron chi connectivity index (χ4n) is 4.13. The van der Waals surface area contributed by atoms with E-state index in [1.54, 1.807) is 18.2 Å². The number of benzene rings is 2. The SMILES string of the molecule is CC(C)(C)c1ccc(S(=O)(=O)N2CCC(C(=O)Nc3ccc(S(=O)(=O)Nc4ncccn4)cc3)CC2)cc1. The normalized spacial score (nSPS) is 15.7. The van der Waals surface area contributed by atoms with Gasteiger partial charge in [0.25, 0.3) is 10.0 Å². The molecule has 1 aromatic heterocycles. The van der Waals surface area contributed by atoms with E-state index in [-0.39, 0.29) is 46.1 Å². The van der Waals surface area contributed by atoms with Crippen LogP contribution in [0.5, 0.6) is 0 Å². The minimum Gasteiger partial charge on any atom is -0.326 e. The molecule has 2 N–H and O–H groups in total. The van der Waals surface area contributed by atoms with E-state index in [1.165, 1.54) is 41.0 Å². The number of aromatic nitrogens is 2. The summed E-state index contributed by atoms with van der Waals surface area (Å²) in [7, 11) is -7.53. The van der Waals surface area contributed by atoms with Crippen molar-refractivity contribution in [1.29, 1.82) is 0 Å². The van der Waals surface area contributed by atoms with Gasteiger partial charge < -0.3 is 5.32 Å². The molecule has 0 unspecified atom stereocenters. The second kappa shape index (κ2) is 10.8. The quantitative estimate of drug-likeness (QED) is 0.452. The van der Waals surface area contributed by atoms with Gasteiger partial charge in [-0.15, -0.1) is 0 Å². The van der Waals surface area contributed by atoms with Gasteiger partial charge in [-0.1, -0.05) is 32.9 Å². The van der Waals surface area contributed by atoms with Gasteiger partial charge in [0.2, 0.25) is 21.9 Å². The second-order valence-electron chi connectivity index (χ2n) is 10.1. The fourth-order valence-corrected chi connectivity index (χ4v) is 6.55. The molecule has 3 aromatic rings. The molecule has 4 rings (SSSR count). The second-order valence-corrected chi connectivity index (χ2v) is 13.8. The molecule has 1 amide bonds. The zero-order valence-corrected chi connectivity index (χ0v) is 23.1. The number of nitrogens with zero attached hydrogens (tertiary/aromatic N) is 3. The molecule has 202 valence electrons. The molecule has 38 heavy (non-hydrogen) atoms. The van der Waals surface area contributed by atoms with Crippen LogP contribution in [0.3, 0.4) is 0 Å². The third-order valence-electron chi connectivity index (χ3n) is 6.41. The molecule has 0 spiro atoms. The van der Waals surface area contributed by atoms with Crippen molar-refractivity contribution >= 4 is 37.6 Å². The molecular formula is C26H31N5O5S2. The smallest absolute Gasteiger partial charge is 0.264 e. The largest absolute Gasteiger partial charge is 0.326 e. The van der Waals surface area contributed by atoms with Crippen LogP contribution in [0.4, 0.5) is 11.6 Å². The van der Waals surface area contributed by atoms with Gasteiger partial charge in [-0.05, 0) is 66.3 Å². The van der Waals surface area contributed by atoms with E-state index in [1.807, 2.05) is 12.1 Å². The first-order chi connectivity index (χ1) is 17.9. The van der Waals surface area contributed by atoms with E-state index in [9.17, 15) is 21.6 Å². The molecule has 2 aromatic carbocycles. The summed E-state index contributed by atoms with van der Waals surface area (Å²) in [5.41, 5.74) is 1.43. The summed E-state index contributed by atoms with van der Waals surface area (Å²) in [6, 6.07) is 14.3. The lowest BCUT2D eigenvalue weighted by Gasteiger charge is -2.30. The minimum atomic E-state index is -3.88. The van der Waals surface area contributed by atoms with Gasteiger partial charge in [0.1, 0.15) is 0 Å². The Kier molecular flexibility index (Phi) is 7.86. The topological polar surface area (TPSA) is 138 Å². The zero-order chi connectivity index (χ0) is 27.6. The Morgan fingerprint density at radius 1 is 0.868 bits per heavy atom. The Hall–Kier alpha value is -3.35. The van der Waals surface area contributed by atoms with Crippen molar-refractivity contribution in [3.8, 4) is 0 Å². The van der Waals surface area contributed by atoms with Crippen molar-refractivity contribution in [3.05, 3.63) is 72.6 Å². The first-order valence-electron chi connectivity index (χ1n) is 12.2. The number of anilines is 2. The molecule has 0 bridgehead atoms. The van der Waals surface area contributed by atoms with Crippen LogP contribution in [0.25, 0.3) is 0 Å². The van der Waals surface area contributed by atoms with Crippen molar-refractivity contribution in [2.45, 2.75) is 48.8 Å². The maximum Gasteiger partial charge on any atom is 0.264 e. The van der Waals surface area contributed by atoms with E-state index in [0.29, 0.717) is 18.5 Å². The number of piperidine rings is 1. The highest BCUT2D eigenvalue weighted by atomic mass is 32.2. The number of nitrogens with one attached hydrogen (secondary N) is 2. The maximum atomic E-state index is 13.1. The Labute approximate surface area is 223 Å². The highest BCUT2D eigenvalue weighted by Gasteiger charge is 2.32. The Bertz CT molecular complexity index is 1480. The fraction of sp³-hybridized carbons (Fsp3) is 0.346. The van der Waals surface area contributed by atoms with Crippen LogP contribution in [0.1, 0.15) is 39.2 Å². The molecule has 10 nitrogen and oxygen atoms in total. The van der Waals surface area contributed by atoms with Crippen LogP contribution in [0.15, 0.2) is 76.8 Å². The molecule has 0 atom stereocenters. The molecule has 1 aliphatic heterocycles. The van der Waals surface area contributed by atoms with Crippen LogP contribution in [0.2, 0.25) is 0 Å². The lowest BCUT2D eigenvalue weighted by molar-refractivity contribution is -0.120. The van der Waals surface area contributed by atoms with Crippen molar-refractivity contribution in [2.75, 3.05) is 23.1 Å². The molecule has 1 aliphatic rings. The van der Waals surface area contributed by atoms with Crippen molar-refractivity contribution in [3.63, 3.8) is 0 Å². The number of amides is 1. The van der Waals surface area contributed by atoms with Crippen molar-refractivity contribution in [1.82, 2.24) is 14.3 Å². The molecule has 12 heteroatoms. The van der Waals surface area contributed by atoms with E-state index in [2.05, 4.69) is 40.8 Å². The number of hydrogen-bond acceptors (Lipinski definition) is 7. The third-order valence-corrected chi connectivity index (χ3v) is 9.66. The van der Waals surface area contributed by atoms with E-state index >= 15 is 0 Å². The Morgan fingerprint density at radius 3 is 1.97 bits per heavy atom. The predicted molar refractivity (Wildman–Crippen MR) is 145 cm³/mol. The van der Waals surface area contributed by atoms with Crippen LogP contribution in [0, 0.1) is 5.92 Å². The predicted octanol–water partition coefficient (Wildman–Crippen LogP) is 3.61. The van der Waals surface area contributed by atoms with Gasteiger partial charge in [-0.3, -0.25) is 4.79 Å². The van der Waals surface area contributed by atoms with Gasteiger partial charge >= 0.3 is 0 Å². The zero-order valence-electron chi connectivity index (χ0n) is 21.5. The molecule has 2 heterocycles. The first-order valence-corrected chi connectivity index (χ1v) is 15.1. The Balaban J connectivity index is 1.33. The standard InChI is InChI=1S/C26H31N5O5S2/c1-26(2,3)20-5-9-23(10-6-20)38(35,36)31-17-13-19(14-18-31)24(32)29-21-7-11-22(12-8-21)37(33,34)30-25-27-15-4-16-28-25/h4-12,15-16,19H,13-14,17-18H2,1-3H3,(H,29,32)(H,27,28,30). The molecule has 1 fully saturated rings. The van der Waals surface area contributed by atoms with E-state index in [4.69, 9.17) is 0 Å². The maximum absolute atomic E-state index is 13.1. The lowest BCUT2D eigenvalue weighted by Crippen LogP contribution is -2.41. The highest BCUT2D eigenvalue weighted by molar-refractivity contribution is 7.92. The molecule has 0 saturated carbocycles. The number of rotatable bonds is 7. The minimum absolute atomic E-state index is 0.00278. The van der Waals surface area contributed by atoms with Gasteiger partial charge in [0.15, 0.2) is 0 Å². The monoisotopic (exact) mass is 557 g/mol. The lowest BCUT2D eigenvalue weighted by atomic mass is 9.87. The summed E-state index contributed by atoms with van der Waals surface area (Å²) in [5, 5.41) is 2.80. The summed E-state index contributed by atoms with van der Waals surface area (Å²) in [6.45, 7) is 6.70. The first kappa shape index (κ1) is 27.7. The summed E-state index contributed by atoms with van der Waals surface area (Å²) in [6.07, 6.45) is 3.62. The number of hydrogen-bond donors (Lipinski definition) is 2. The van der Waals surface area contributed by atoms with E-state index in [0.717, 1.165) is 5.56 Å². The van der Waals surface area contributed by atoms with Crippen LogP contribution < -0.4 is 10.0 Å². The molecule has 0 aliphatic carbocycles. The third kappa shape index (κ3) is 6.37. The van der Waals surface area contributed by atoms with Gasteiger partial charge in [-0.2, -0.15) is 4.31 Å². The van der Waals surface area contributed by atoms with Gasteiger partial charge in [0, 0.05) is 37.1 Å². The molecular weight excluding hydrogens is 526 g/mol. The molecule has 1 saturated heterocycles. The molecule has 0 radical (unpaired) electrons. The number of carbonyl (C=O) groups is 1. The summed E-state index contributed by atoms with van der Waals surface area (Å²) >= 11 is 0. The average molecular weight is 558 g/mol. The average Bonchev–Trinajstić information content (AvgIpc) is 2.89.